The van der Waals surface area contributed by atoms with Crippen molar-refractivity contribution in [2.24, 2.45) is 0 Å². The van der Waals surface area contributed by atoms with Crippen molar-refractivity contribution in [3.63, 3.8) is 0 Å². The van der Waals surface area contributed by atoms with Crippen molar-refractivity contribution < 1.29 is 0 Å². The van der Waals surface area contributed by atoms with Gasteiger partial charge < -0.3 is 0 Å². The van der Waals surface area contributed by atoms with Gasteiger partial charge in [0.2, 0.25) is 0 Å². The van der Waals surface area contributed by atoms with E-state index in [0.29, 0.717) is 0 Å². The number of thiophene rings is 1. The lowest BCUT2D eigenvalue weighted by atomic mass is 9.83. The molecule has 0 spiro atoms. The molecule has 1 aromatic heterocycles. The van der Waals surface area contributed by atoms with E-state index in [1.165, 1.54) is 75.5 Å². The SMILES string of the molecule is CC1(C)c2ccc(-c3c4ccccc4c(-c4ccccc4)c4ccccc34)cc2-c2c1sc1ccccc21. The maximum Gasteiger partial charge on any atom is 0.0352 e. The van der Waals surface area contributed by atoms with Crippen LogP contribution in [0.15, 0.2) is 121 Å². The highest BCUT2D eigenvalue weighted by molar-refractivity contribution is 7.20. The van der Waals surface area contributed by atoms with E-state index in [4.69, 9.17) is 0 Å². The summed E-state index contributed by atoms with van der Waals surface area (Å²) in [5.41, 5.74) is 9.45. The van der Waals surface area contributed by atoms with Gasteiger partial charge in [-0.2, -0.15) is 0 Å². The van der Waals surface area contributed by atoms with Crippen LogP contribution in [-0.2, 0) is 5.41 Å². The molecule has 0 saturated carbocycles. The van der Waals surface area contributed by atoms with Gasteiger partial charge in [0.15, 0.2) is 0 Å². The molecular weight excluding hydrogens is 476 g/mol. The van der Waals surface area contributed by atoms with Gasteiger partial charge in [0.1, 0.15) is 0 Å². The maximum absolute atomic E-state index is 2.47. The molecule has 1 heteroatoms. The van der Waals surface area contributed by atoms with E-state index >= 15 is 0 Å². The van der Waals surface area contributed by atoms with E-state index in [2.05, 4.69) is 135 Å². The number of fused-ring (bicyclic) bond motifs is 7. The second kappa shape index (κ2) is 7.90. The molecule has 0 aliphatic heterocycles. The fourth-order valence-electron chi connectivity index (χ4n) is 6.68. The number of rotatable bonds is 2. The van der Waals surface area contributed by atoms with E-state index in [-0.39, 0.29) is 5.41 Å². The molecule has 0 amide bonds. The normalized spacial score (nSPS) is 13.7. The van der Waals surface area contributed by atoms with Crippen LogP contribution >= 0.6 is 11.3 Å². The lowest BCUT2D eigenvalue weighted by Gasteiger charge is -2.21. The highest BCUT2D eigenvalue weighted by Gasteiger charge is 2.38. The molecule has 0 bridgehead atoms. The Kier molecular flexibility index (Phi) is 4.54. The highest BCUT2D eigenvalue weighted by Crippen LogP contribution is 2.56. The third-order valence-corrected chi connectivity index (χ3v) is 9.90. The lowest BCUT2D eigenvalue weighted by Crippen LogP contribution is -2.13. The topological polar surface area (TPSA) is 0 Å². The van der Waals surface area contributed by atoms with Gasteiger partial charge in [-0.3, -0.25) is 0 Å². The Morgan fingerprint density at radius 1 is 0.474 bits per heavy atom. The molecule has 0 radical (unpaired) electrons. The zero-order valence-electron chi connectivity index (χ0n) is 21.5. The van der Waals surface area contributed by atoms with Crippen LogP contribution in [0.25, 0.3) is 65.0 Å². The first kappa shape index (κ1) is 21.8. The summed E-state index contributed by atoms with van der Waals surface area (Å²) in [6.45, 7) is 4.76. The van der Waals surface area contributed by atoms with Crippen LogP contribution in [0.4, 0.5) is 0 Å². The van der Waals surface area contributed by atoms with Crippen molar-refractivity contribution in [3.05, 3.63) is 132 Å². The summed E-state index contributed by atoms with van der Waals surface area (Å²) in [5.74, 6) is 0. The Bertz CT molecular complexity index is 1980. The fourth-order valence-corrected chi connectivity index (χ4v) is 8.02. The van der Waals surface area contributed by atoms with Crippen molar-refractivity contribution in [3.8, 4) is 33.4 Å². The first-order chi connectivity index (χ1) is 18.6. The highest BCUT2D eigenvalue weighted by atomic mass is 32.1. The summed E-state index contributed by atoms with van der Waals surface area (Å²) >= 11 is 1.96. The largest absolute Gasteiger partial charge is 0.139 e. The van der Waals surface area contributed by atoms with Crippen molar-refractivity contribution >= 4 is 43.0 Å². The van der Waals surface area contributed by atoms with E-state index in [1.807, 2.05) is 11.3 Å². The van der Waals surface area contributed by atoms with Crippen LogP contribution in [0, 0.1) is 0 Å². The standard InChI is InChI=1S/C37H26S/c1-37(2)31-21-20-24(22-30(31)35-29-18-10-11-19-32(29)38-36(35)37)34-27-16-8-6-14-25(27)33(23-12-4-3-5-13-23)26-15-7-9-17-28(26)34/h3-22H,1-2H3. The Labute approximate surface area is 226 Å². The first-order valence-electron chi connectivity index (χ1n) is 13.3. The Hall–Kier alpha value is -4.20. The monoisotopic (exact) mass is 502 g/mol. The van der Waals surface area contributed by atoms with Gasteiger partial charge in [-0.25, -0.2) is 0 Å². The van der Waals surface area contributed by atoms with E-state index in [0.717, 1.165) is 0 Å². The fraction of sp³-hybridized carbons (Fsp3) is 0.0811. The van der Waals surface area contributed by atoms with E-state index < -0.39 is 0 Å². The van der Waals surface area contributed by atoms with Crippen LogP contribution in [-0.4, -0.2) is 0 Å². The Balaban J connectivity index is 1.48. The van der Waals surface area contributed by atoms with Crippen LogP contribution < -0.4 is 0 Å². The third kappa shape index (κ3) is 2.91. The molecule has 8 rings (SSSR count). The van der Waals surface area contributed by atoms with E-state index in [1.54, 1.807) is 0 Å². The van der Waals surface area contributed by atoms with Crippen LogP contribution in [0.3, 0.4) is 0 Å². The van der Waals surface area contributed by atoms with E-state index in [9.17, 15) is 0 Å². The molecule has 7 aromatic rings. The van der Waals surface area contributed by atoms with Gasteiger partial charge in [-0.05, 0) is 67.1 Å². The van der Waals surface area contributed by atoms with Gasteiger partial charge in [0.25, 0.3) is 0 Å². The molecule has 1 aliphatic carbocycles. The molecule has 38 heavy (non-hydrogen) atoms. The predicted molar refractivity (Wildman–Crippen MR) is 165 cm³/mol. The first-order valence-corrected chi connectivity index (χ1v) is 14.1. The summed E-state index contributed by atoms with van der Waals surface area (Å²) in [7, 11) is 0. The molecule has 1 aliphatic rings. The summed E-state index contributed by atoms with van der Waals surface area (Å²) < 4.78 is 1.38. The van der Waals surface area contributed by atoms with Gasteiger partial charge in [0, 0.05) is 25.9 Å². The molecule has 0 fully saturated rings. The van der Waals surface area contributed by atoms with Gasteiger partial charge in [0.05, 0.1) is 0 Å². The van der Waals surface area contributed by atoms with Crippen molar-refractivity contribution in [2.75, 3.05) is 0 Å². The van der Waals surface area contributed by atoms with Crippen LogP contribution in [0.1, 0.15) is 24.3 Å². The molecule has 0 nitrogen and oxygen atoms in total. The number of benzene rings is 6. The zero-order chi connectivity index (χ0) is 25.4. The van der Waals surface area contributed by atoms with Gasteiger partial charge in [-0.1, -0.05) is 123 Å². The van der Waals surface area contributed by atoms with Gasteiger partial charge >= 0.3 is 0 Å². The smallest absolute Gasteiger partial charge is 0.0352 e. The summed E-state index contributed by atoms with van der Waals surface area (Å²) in [4.78, 5) is 1.49. The molecule has 1 heterocycles. The summed E-state index contributed by atoms with van der Waals surface area (Å²) in [5, 5.41) is 6.59. The molecule has 0 saturated heterocycles. The zero-order valence-corrected chi connectivity index (χ0v) is 22.3. The number of hydrogen-bond acceptors (Lipinski definition) is 1. The predicted octanol–water partition coefficient (Wildman–Crippen LogP) is 10.8. The third-order valence-electron chi connectivity index (χ3n) is 8.41. The van der Waals surface area contributed by atoms with Crippen LogP contribution in [0.5, 0.6) is 0 Å². The molecular formula is C37H26S. The lowest BCUT2D eigenvalue weighted by molar-refractivity contribution is 0.674. The molecule has 0 unspecified atom stereocenters. The minimum atomic E-state index is 0.00812. The average Bonchev–Trinajstić information content (AvgIpc) is 3.45. The molecule has 0 N–H and O–H groups in total. The summed E-state index contributed by atoms with van der Waals surface area (Å²) in [6.07, 6.45) is 0. The Morgan fingerprint density at radius 2 is 1.00 bits per heavy atom. The quantitative estimate of drug-likeness (QED) is 0.206. The minimum absolute atomic E-state index is 0.00812. The van der Waals surface area contributed by atoms with Crippen molar-refractivity contribution in [1.29, 1.82) is 0 Å². The maximum atomic E-state index is 2.47. The van der Waals surface area contributed by atoms with Crippen molar-refractivity contribution in [2.45, 2.75) is 19.3 Å². The molecule has 6 aromatic carbocycles. The Morgan fingerprint density at radius 3 is 1.63 bits per heavy atom. The van der Waals surface area contributed by atoms with Gasteiger partial charge in [-0.15, -0.1) is 11.3 Å². The molecule has 180 valence electrons. The van der Waals surface area contributed by atoms with Crippen molar-refractivity contribution in [1.82, 2.24) is 0 Å². The average molecular weight is 503 g/mol. The molecule has 0 atom stereocenters. The second-order valence-electron chi connectivity index (χ2n) is 10.9. The van der Waals surface area contributed by atoms with Crippen LogP contribution in [0.2, 0.25) is 0 Å². The summed E-state index contributed by atoms with van der Waals surface area (Å²) in [6, 6.07) is 44.8. The minimum Gasteiger partial charge on any atom is -0.139 e. The number of hydrogen-bond donors (Lipinski definition) is 0. The second-order valence-corrected chi connectivity index (χ2v) is 11.9.